The van der Waals surface area contributed by atoms with Crippen LogP contribution >= 0.6 is 0 Å². The number of piperidine rings is 1. The molecule has 0 radical (unpaired) electrons. The van der Waals surface area contributed by atoms with Crippen LogP contribution in [-0.2, 0) is 24.0 Å². The summed E-state index contributed by atoms with van der Waals surface area (Å²) in [6.45, 7) is 3.28. The van der Waals surface area contributed by atoms with E-state index in [2.05, 4.69) is 14.5 Å². The standard InChI is InChI=1S/C19H24F3N3O/c1-26-13-12-25-11-8-23-18(25)15-6-9-24(10-7-15)14-16-4-2-3-5-17(16)19(20,21)22/h2-5,8,11,15H,6-7,9-10,12-14H2,1H3. The number of methoxy groups -OCH3 is 1. The SMILES string of the molecule is COCCn1ccnc1C1CCN(Cc2ccccc2C(F)(F)F)CC1. The normalized spacial score (nSPS) is 16.9. The fourth-order valence-corrected chi connectivity index (χ4v) is 3.58. The molecule has 0 saturated carbocycles. The summed E-state index contributed by atoms with van der Waals surface area (Å²) in [4.78, 5) is 6.59. The van der Waals surface area contributed by atoms with Crippen molar-refractivity contribution in [1.82, 2.24) is 14.5 Å². The van der Waals surface area contributed by atoms with E-state index in [1.165, 1.54) is 6.07 Å². The lowest BCUT2D eigenvalue weighted by atomic mass is 9.95. The molecule has 1 aromatic carbocycles. The summed E-state index contributed by atoms with van der Waals surface area (Å²) in [5, 5.41) is 0. The maximum atomic E-state index is 13.2. The van der Waals surface area contributed by atoms with E-state index in [4.69, 9.17) is 4.74 Å². The van der Waals surface area contributed by atoms with Crippen molar-refractivity contribution in [1.29, 1.82) is 0 Å². The van der Waals surface area contributed by atoms with Crippen LogP contribution in [0.1, 0.15) is 35.7 Å². The number of aromatic nitrogens is 2. The molecule has 0 atom stereocenters. The highest BCUT2D eigenvalue weighted by Gasteiger charge is 2.33. The number of likely N-dealkylation sites (tertiary alicyclic amines) is 1. The molecule has 2 aromatic rings. The summed E-state index contributed by atoms with van der Waals surface area (Å²) in [6.07, 6.45) is 1.26. The molecule has 0 bridgehead atoms. The average Bonchev–Trinajstić information content (AvgIpc) is 3.08. The topological polar surface area (TPSA) is 30.3 Å². The van der Waals surface area contributed by atoms with Gasteiger partial charge in [0.25, 0.3) is 0 Å². The van der Waals surface area contributed by atoms with Gasteiger partial charge in [0.1, 0.15) is 5.82 Å². The Morgan fingerprint density at radius 1 is 1.19 bits per heavy atom. The molecule has 0 aliphatic carbocycles. The van der Waals surface area contributed by atoms with Gasteiger partial charge in [0.15, 0.2) is 0 Å². The van der Waals surface area contributed by atoms with Crippen molar-refractivity contribution in [3.05, 3.63) is 53.6 Å². The van der Waals surface area contributed by atoms with Crippen LogP contribution in [0.2, 0.25) is 0 Å². The zero-order valence-electron chi connectivity index (χ0n) is 14.9. The minimum atomic E-state index is -4.30. The largest absolute Gasteiger partial charge is 0.416 e. The summed E-state index contributed by atoms with van der Waals surface area (Å²) in [7, 11) is 1.67. The zero-order valence-corrected chi connectivity index (χ0v) is 14.9. The number of halogens is 3. The van der Waals surface area contributed by atoms with Crippen LogP contribution in [0.15, 0.2) is 36.7 Å². The van der Waals surface area contributed by atoms with Gasteiger partial charge in [-0.3, -0.25) is 4.90 Å². The molecule has 2 heterocycles. The van der Waals surface area contributed by atoms with E-state index >= 15 is 0 Å². The third-order valence-corrected chi connectivity index (χ3v) is 4.95. The Kier molecular flexibility index (Phi) is 5.98. The van der Waals surface area contributed by atoms with Gasteiger partial charge in [-0.05, 0) is 37.6 Å². The van der Waals surface area contributed by atoms with E-state index in [1.54, 1.807) is 25.4 Å². The highest BCUT2D eigenvalue weighted by molar-refractivity contribution is 5.29. The number of benzene rings is 1. The number of rotatable bonds is 6. The summed E-state index contributed by atoms with van der Waals surface area (Å²) in [5.41, 5.74) is -0.183. The number of imidazole rings is 1. The summed E-state index contributed by atoms with van der Waals surface area (Å²) < 4.78 is 46.7. The highest BCUT2D eigenvalue weighted by Crippen LogP contribution is 2.33. The first-order valence-electron chi connectivity index (χ1n) is 8.86. The summed E-state index contributed by atoms with van der Waals surface area (Å²) >= 11 is 0. The first-order chi connectivity index (χ1) is 12.5. The van der Waals surface area contributed by atoms with Crippen molar-refractivity contribution in [2.75, 3.05) is 26.8 Å². The molecule has 1 fully saturated rings. The minimum Gasteiger partial charge on any atom is -0.383 e. The summed E-state index contributed by atoms with van der Waals surface area (Å²) in [5.74, 6) is 1.40. The Bertz CT molecular complexity index is 706. The van der Waals surface area contributed by atoms with Crippen LogP contribution in [0.5, 0.6) is 0 Å². The average molecular weight is 367 g/mol. The second-order valence-electron chi connectivity index (χ2n) is 6.68. The Labute approximate surface area is 151 Å². The van der Waals surface area contributed by atoms with Gasteiger partial charge in [-0.25, -0.2) is 4.98 Å². The molecule has 26 heavy (non-hydrogen) atoms. The third kappa shape index (κ3) is 4.45. The monoisotopic (exact) mass is 367 g/mol. The molecule has 1 aliphatic rings. The lowest BCUT2D eigenvalue weighted by Gasteiger charge is -2.32. The smallest absolute Gasteiger partial charge is 0.383 e. The van der Waals surface area contributed by atoms with Crippen LogP contribution in [0.4, 0.5) is 13.2 Å². The maximum Gasteiger partial charge on any atom is 0.416 e. The molecule has 142 valence electrons. The van der Waals surface area contributed by atoms with Gasteiger partial charge < -0.3 is 9.30 Å². The van der Waals surface area contributed by atoms with Crippen LogP contribution < -0.4 is 0 Å². The first kappa shape index (κ1) is 18.9. The number of hydrogen-bond donors (Lipinski definition) is 0. The van der Waals surface area contributed by atoms with E-state index in [0.717, 1.165) is 44.4 Å². The van der Waals surface area contributed by atoms with E-state index in [-0.39, 0.29) is 0 Å². The lowest BCUT2D eigenvalue weighted by Crippen LogP contribution is -2.34. The van der Waals surface area contributed by atoms with Crippen LogP contribution in [-0.4, -0.2) is 41.3 Å². The lowest BCUT2D eigenvalue weighted by molar-refractivity contribution is -0.138. The maximum absolute atomic E-state index is 13.2. The minimum absolute atomic E-state index is 0.334. The van der Waals surface area contributed by atoms with E-state index in [9.17, 15) is 13.2 Å². The van der Waals surface area contributed by atoms with E-state index < -0.39 is 11.7 Å². The van der Waals surface area contributed by atoms with Crippen molar-refractivity contribution in [3.8, 4) is 0 Å². The predicted octanol–water partition coefficient (Wildman–Crippen LogP) is 3.93. The van der Waals surface area contributed by atoms with Crippen molar-refractivity contribution in [2.24, 2.45) is 0 Å². The molecule has 0 N–H and O–H groups in total. The molecular formula is C19H24F3N3O. The molecule has 1 saturated heterocycles. The van der Waals surface area contributed by atoms with E-state index in [1.807, 2.05) is 6.20 Å². The van der Waals surface area contributed by atoms with Gasteiger partial charge in [-0.1, -0.05) is 18.2 Å². The molecule has 4 nitrogen and oxygen atoms in total. The molecule has 0 amide bonds. The molecule has 1 aromatic heterocycles. The van der Waals surface area contributed by atoms with Gasteiger partial charge in [-0.15, -0.1) is 0 Å². The van der Waals surface area contributed by atoms with Gasteiger partial charge >= 0.3 is 6.18 Å². The van der Waals surface area contributed by atoms with E-state index in [0.29, 0.717) is 24.6 Å². The number of alkyl halides is 3. The summed E-state index contributed by atoms with van der Waals surface area (Å²) in [6, 6.07) is 5.85. The molecule has 3 rings (SSSR count). The van der Waals surface area contributed by atoms with Crippen LogP contribution in [0.3, 0.4) is 0 Å². The van der Waals surface area contributed by atoms with Gasteiger partial charge in [0, 0.05) is 38.5 Å². The molecule has 0 unspecified atom stereocenters. The van der Waals surface area contributed by atoms with Crippen molar-refractivity contribution in [2.45, 2.75) is 38.0 Å². The Balaban J connectivity index is 1.61. The number of ether oxygens (including phenoxy) is 1. The number of hydrogen-bond acceptors (Lipinski definition) is 3. The van der Waals surface area contributed by atoms with Crippen LogP contribution in [0, 0.1) is 0 Å². The third-order valence-electron chi connectivity index (χ3n) is 4.95. The fraction of sp³-hybridized carbons (Fsp3) is 0.526. The Morgan fingerprint density at radius 3 is 2.62 bits per heavy atom. The van der Waals surface area contributed by atoms with Gasteiger partial charge in [-0.2, -0.15) is 13.2 Å². The predicted molar refractivity (Wildman–Crippen MR) is 92.8 cm³/mol. The van der Waals surface area contributed by atoms with Crippen molar-refractivity contribution >= 4 is 0 Å². The van der Waals surface area contributed by atoms with Crippen molar-refractivity contribution < 1.29 is 17.9 Å². The zero-order chi connectivity index (χ0) is 18.6. The quantitative estimate of drug-likeness (QED) is 0.775. The first-order valence-corrected chi connectivity index (χ1v) is 8.86. The Morgan fingerprint density at radius 2 is 1.92 bits per heavy atom. The molecule has 7 heteroatoms. The Hall–Kier alpha value is -1.86. The van der Waals surface area contributed by atoms with Crippen LogP contribution in [0.25, 0.3) is 0 Å². The van der Waals surface area contributed by atoms with Gasteiger partial charge in [0.2, 0.25) is 0 Å². The molecule has 0 spiro atoms. The number of nitrogens with zero attached hydrogens (tertiary/aromatic N) is 3. The second-order valence-corrected chi connectivity index (χ2v) is 6.68. The molecular weight excluding hydrogens is 343 g/mol. The second kappa shape index (κ2) is 8.22. The molecule has 1 aliphatic heterocycles. The highest BCUT2D eigenvalue weighted by atomic mass is 19.4. The van der Waals surface area contributed by atoms with Crippen molar-refractivity contribution in [3.63, 3.8) is 0 Å². The van der Waals surface area contributed by atoms with Gasteiger partial charge in [0.05, 0.1) is 12.2 Å². The fourth-order valence-electron chi connectivity index (χ4n) is 3.58.